The lowest BCUT2D eigenvalue weighted by atomic mass is 9.91. The molecule has 6 heteroatoms. The van der Waals surface area contributed by atoms with Crippen molar-refractivity contribution in [2.75, 3.05) is 9.80 Å². The van der Waals surface area contributed by atoms with Crippen LogP contribution in [0.15, 0.2) is 264 Å². The smallest absolute Gasteiger partial charge is 0.109 e. The van der Waals surface area contributed by atoms with Crippen LogP contribution < -0.4 is 9.80 Å². The van der Waals surface area contributed by atoms with Gasteiger partial charge in [0.05, 0.1) is 21.1 Å². The van der Waals surface area contributed by atoms with Gasteiger partial charge >= 0.3 is 0 Å². The van der Waals surface area contributed by atoms with Crippen LogP contribution in [0, 0.1) is 0 Å². The van der Waals surface area contributed by atoms with Gasteiger partial charge < -0.3 is 9.80 Å². The van der Waals surface area contributed by atoms with Gasteiger partial charge in [-0.1, -0.05) is 226 Å². The average molecular weight is 1060 g/mol. The molecular formula is C64H42Br2N2S2. The molecule has 2 nitrogen and oxygen atoms in total. The van der Waals surface area contributed by atoms with E-state index in [0.717, 1.165) is 64.0 Å². The van der Waals surface area contributed by atoms with Crippen molar-refractivity contribution in [2.24, 2.45) is 0 Å². The van der Waals surface area contributed by atoms with Crippen LogP contribution in [0.1, 0.15) is 0 Å². The van der Waals surface area contributed by atoms with Gasteiger partial charge in [0.25, 0.3) is 0 Å². The summed E-state index contributed by atoms with van der Waals surface area (Å²) < 4.78 is 2.06. The van der Waals surface area contributed by atoms with Gasteiger partial charge in [-0.2, -0.15) is 0 Å². The van der Waals surface area contributed by atoms with Crippen LogP contribution in [0.5, 0.6) is 0 Å². The molecule has 2 heterocycles. The predicted octanol–water partition coefficient (Wildman–Crippen LogP) is 20.9. The Balaban J connectivity index is 1.27. The van der Waals surface area contributed by atoms with Gasteiger partial charge in [-0.05, 0) is 93.7 Å². The van der Waals surface area contributed by atoms with E-state index in [9.17, 15) is 0 Å². The molecule has 0 atom stereocenters. The van der Waals surface area contributed by atoms with Crippen LogP contribution in [0.3, 0.4) is 0 Å². The van der Waals surface area contributed by atoms with Crippen molar-refractivity contribution in [3.8, 4) is 54.3 Å². The molecular weight excluding hydrogens is 1020 g/mol. The number of hydrogen-bond acceptors (Lipinski definition) is 4. The molecule has 12 rings (SSSR count). The number of anilines is 6. The summed E-state index contributed by atoms with van der Waals surface area (Å²) in [4.78, 5) is 7.38. The van der Waals surface area contributed by atoms with Gasteiger partial charge in [-0.15, -0.1) is 22.7 Å². The second-order valence-electron chi connectivity index (χ2n) is 17.1. The molecule has 0 bridgehead atoms. The Kier molecular flexibility index (Phi) is 12.1. The number of thiophene rings is 2. The maximum atomic E-state index is 3.81. The molecule has 0 amide bonds. The van der Waals surface area contributed by atoms with E-state index >= 15 is 0 Å². The second-order valence-corrected chi connectivity index (χ2v) is 20.9. The summed E-state index contributed by atoms with van der Waals surface area (Å²) >= 11 is 11.4. The Hall–Kier alpha value is -7.32. The average Bonchev–Trinajstić information content (AvgIpc) is 4.00. The minimum absolute atomic E-state index is 1.03. The first-order valence-electron chi connectivity index (χ1n) is 23.2. The van der Waals surface area contributed by atoms with E-state index in [1.165, 1.54) is 53.6 Å². The summed E-state index contributed by atoms with van der Waals surface area (Å²) in [6.45, 7) is 0. The molecule has 0 fully saturated rings. The van der Waals surface area contributed by atoms with Gasteiger partial charge in [-0.3, -0.25) is 0 Å². The zero-order valence-corrected chi connectivity index (χ0v) is 42.5. The number of fused-ring (bicyclic) bond motifs is 2. The third kappa shape index (κ3) is 8.17. The summed E-state index contributed by atoms with van der Waals surface area (Å²) in [6.07, 6.45) is 0. The van der Waals surface area contributed by atoms with E-state index in [0.29, 0.717) is 0 Å². The number of para-hydroxylation sites is 2. The van der Waals surface area contributed by atoms with Crippen molar-refractivity contribution >= 4 is 109 Å². The zero-order valence-electron chi connectivity index (χ0n) is 37.7. The quantitative estimate of drug-likeness (QED) is 0.127. The first kappa shape index (κ1) is 43.9. The SMILES string of the molecule is Brc1ccc(-c2c(-c3sc(N(c4ccccc4)c4cccc5ccccc45)c(-c4ccccc4)c3-c3ccc(Br)cc3)sc(N(c3ccccc3)c3cccc4ccccc34)c2-c2ccccc2)cc1. The maximum Gasteiger partial charge on any atom is 0.109 e. The number of halogens is 2. The van der Waals surface area contributed by atoms with E-state index < -0.39 is 0 Å². The Morgan fingerprint density at radius 1 is 0.271 bits per heavy atom. The molecule has 334 valence electrons. The number of nitrogens with zero attached hydrogens (tertiary/aromatic N) is 2. The normalized spacial score (nSPS) is 11.3. The monoisotopic (exact) mass is 1060 g/mol. The van der Waals surface area contributed by atoms with Crippen molar-refractivity contribution in [1.29, 1.82) is 0 Å². The Morgan fingerprint density at radius 2 is 0.586 bits per heavy atom. The molecule has 0 aliphatic rings. The van der Waals surface area contributed by atoms with Crippen molar-refractivity contribution in [1.82, 2.24) is 0 Å². The number of rotatable bonds is 11. The molecule has 0 saturated heterocycles. The molecule has 2 aromatic heterocycles. The van der Waals surface area contributed by atoms with Crippen molar-refractivity contribution in [3.63, 3.8) is 0 Å². The minimum atomic E-state index is 1.03. The lowest BCUT2D eigenvalue weighted by Crippen LogP contribution is -2.10. The molecule has 10 aromatic carbocycles. The van der Waals surface area contributed by atoms with E-state index in [1.807, 2.05) is 22.7 Å². The first-order chi connectivity index (χ1) is 34.6. The minimum Gasteiger partial charge on any atom is -0.301 e. The molecule has 0 radical (unpaired) electrons. The lowest BCUT2D eigenvalue weighted by Gasteiger charge is -2.27. The molecule has 12 aromatic rings. The van der Waals surface area contributed by atoms with Crippen LogP contribution in [0.4, 0.5) is 32.8 Å². The summed E-state index contributed by atoms with van der Waals surface area (Å²) in [6, 6.07) is 92.3. The highest BCUT2D eigenvalue weighted by Gasteiger charge is 2.34. The third-order valence-electron chi connectivity index (χ3n) is 12.8. The summed E-state index contributed by atoms with van der Waals surface area (Å²) in [5.41, 5.74) is 13.7. The van der Waals surface area contributed by atoms with Gasteiger partial charge in [0.1, 0.15) is 10.0 Å². The van der Waals surface area contributed by atoms with Crippen LogP contribution in [0.25, 0.3) is 75.8 Å². The Labute approximate surface area is 433 Å². The Morgan fingerprint density at radius 3 is 0.971 bits per heavy atom. The van der Waals surface area contributed by atoms with Gasteiger partial charge in [0.15, 0.2) is 0 Å². The van der Waals surface area contributed by atoms with Crippen LogP contribution in [-0.4, -0.2) is 0 Å². The highest BCUT2D eigenvalue weighted by Crippen LogP contribution is 2.62. The fraction of sp³-hybridized carbons (Fsp3) is 0. The van der Waals surface area contributed by atoms with E-state index in [1.54, 1.807) is 0 Å². The predicted molar refractivity (Wildman–Crippen MR) is 309 cm³/mol. The fourth-order valence-electron chi connectivity index (χ4n) is 9.69. The summed E-state index contributed by atoms with van der Waals surface area (Å²) in [7, 11) is 0. The molecule has 0 aliphatic carbocycles. The lowest BCUT2D eigenvalue weighted by molar-refractivity contribution is 1.33. The highest BCUT2D eigenvalue weighted by molar-refractivity contribution is 9.10. The van der Waals surface area contributed by atoms with Crippen LogP contribution >= 0.6 is 54.5 Å². The van der Waals surface area contributed by atoms with Crippen molar-refractivity contribution < 1.29 is 0 Å². The second kappa shape index (κ2) is 19.2. The molecule has 0 saturated carbocycles. The van der Waals surface area contributed by atoms with Gasteiger partial charge in [0, 0.05) is 53.3 Å². The van der Waals surface area contributed by atoms with Crippen molar-refractivity contribution in [3.05, 3.63) is 264 Å². The first-order valence-corrected chi connectivity index (χ1v) is 26.4. The molecule has 70 heavy (non-hydrogen) atoms. The molecule has 0 unspecified atom stereocenters. The van der Waals surface area contributed by atoms with Crippen LogP contribution in [-0.2, 0) is 0 Å². The molecule has 0 N–H and O–H groups in total. The Bertz CT molecular complexity index is 3520. The fourth-order valence-corrected chi connectivity index (χ4v) is 13.1. The van der Waals surface area contributed by atoms with E-state index in [4.69, 9.17) is 0 Å². The van der Waals surface area contributed by atoms with E-state index in [2.05, 4.69) is 296 Å². The van der Waals surface area contributed by atoms with Gasteiger partial charge in [0.2, 0.25) is 0 Å². The largest absolute Gasteiger partial charge is 0.301 e. The van der Waals surface area contributed by atoms with Crippen LogP contribution in [0.2, 0.25) is 0 Å². The zero-order chi connectivity index (χ0) is 47.0. The number of benzene rings is 10. The molecule has 0 aliphatic heterocycles. The summed E-state index contributed by atoms with van der Waals surface area (Å²) in [5.74, 6) is 0. The van der Waals surface area contributed by atoms with E-state index in [-0.39, 0.29) is 0 Å². The number of hydrogen-bond donors (Lipinski definition) is 0. The van der Waals surface area contributed by atoms with Gasteiger partial charge in [-0.25, -0.2) is 0 Å². The highest BCUT2D eigenvalue weighted by atomic mass is 79.9. The summed E-state index contributed by atoms with van der Waals surface area (Å²) in [5, 5.41) is 7.01. The third-order valence-corrected chi connectivity index (χ3v) is 16.4. The molecule has 0 spiro atoms. The topological polar surface area (TPSA) is 6.48 Å². The standard InChI is InChI=1S/C64H42Br2N2S2/c65-49-39-35-47(36-40-49)57-59(45-21-5-1-6-22-45)63(67(51-27-9-3-10-28-51)55-33-17-25-43-19-13-15-31-53(43)55)69-61(57)62-58(48-37-41-50(66)42-38-48)60(46-23-7-2-8-24-46)64(70-62)68(52-29-11-4-12-30-52)56-34-18-26-44-20-14-16-32-54(44)56/h1-42H. The van der Waals surface area contributed by atoms with Crippen molar-refractivity contribution in [2.45, 2.75) is 0 Å². The maximum absolute atomic E-state index is 3.81.